The highest BCUT2D eigenvalue weighted by Gasteiger charge is 2.29. The molecule has 1 aromatic heterocycles. The Morgan fingerprint density at radius 3 is 2.76 bits per heavy atom. The van der Waals surface area contributed by atoms with Crippen LogP contribution in [0, 0.1) is 5.82 Å². The topological polar surface area (TPSA) is 42.4 Å². The number of carbonyl (C=O) groups is 1. The third-order valence-corrected chi connectivity index (χ3v) is 3.49. The van der Waals surface area contributed by atoms with Crippen molar-refractivity contribution in [2.24, 2.45) is 0 Å². The predicted octanol–water partition coefficient (Wildman–Crippen LogP) is 2.51. The van der Waals surface area contributed by atoms with Gasteiger partial charge in [0.15, 0.2) is 0 Å². The summed E-state index contributed by atoms with van der Waals surface area (Å²) in [6.45, 7) is 1.04. The van der Waals surface area contributed by atoms with E-state index < -0.39 is 5.82 Å². The summed E-state index contributed by atoms with van der Waals surface area (Å²) >= 11 is 0. The summed E-state index contributed by atoms with van der Waals surface area (Å²) in [6, 6.07) is 9.61. The Morgan fingerprint density at radius 1 is 1.24 bits per heavy atom. The quantitative estimate of drug-likeness (QED) is 0.870. The summed E-state index contributed by atoms with van der Waals surface area (Å²) in [5, 5.41) is 0. The van der Waals surface area contributed by atoms with Crippen LogP contribution < -0.4 is 4.74 Å². The second-order valence-electron chi connectivity index (χ2n) is 4.94. The molecule has 5 heteroatoms. The molecule has 0 aliphatic carbocycles. The van der Waals surface area contributed by atoms with Gasteiger partial charge in [-0.2, -0.15) is 0 Å². The SMILES string of the molecule is O=C(c1ccccc1F)N1CC[C@@H](Oc2ccncc2)C1. The van der Waals surface area contributed by atoms with Crippen LogP contribution in [-0.4, -0.2) is 35.0 Å². The van der Waals surface area contributed by atoms with Crippen LogP contribution in [0.4, 0.5) is 4.39 Å². The lowest BCUT2D eigenvalue weighted by Crippen LogP contribution is -2.31. The molecule has 2 aromatic rings. The van der Waals surface area contributed by atoms with Crippen LogP contribution in [0.3, 0.4) is 0 Å². The highest BCUT2D eigenvalue weighted by molar-refractivity contribution is 5.94. The average Bonchev–Trinajstić information content (AvgIpc) is 2.97. The van der Waals surface area contributed by atoms with E-state index in [2.05, 4.69) is 4.98 Å². The van der Waals surface area contributed by atoms with E-state index in [9.17, 15) is 9.18 Å². The fourth-order valence-corrected chi connectivity index (χ4v) is 2.42. The van der Waals surface area contributed by atoms with Gasteiger partial charge in [-0.05, 0) is 24.3 Å². The van der Waals surface area contributed by atoms with Crippen LogP contribution in [-0.2, 0) is 0 Å². The van der Waals surface area contributed by atoms with Gasteiger partial charge in [0, 0.05) is 25.4 Å². The van der Waals surface area contributed by atoms with Crippen LogP contribution in [0.25, 0.3) is 0 Å². The van der Waals surface area contributed by atoms with Gasteiger partial charge in [0.25, 0.3) is 5.91 Å². The molecular weight excluding hydrogens is 271 g/mol. The van der Waals surface area contributed by atoms with Crippen molar-refractivity contribution < 1.29 is 13.9 Å². The number of ether oxygens (including phenoxy) is 1. The Kier molecular flexibility index (Phi) is 3.81. The normalized spacial score (nSPS) is 17.8. The molecule has 0 radical (unpaired) electrons. The van der Waals surface area contributed by atoms with E-state index in [0.717, 1.165) is 12.2 Å². The van der Waals surface area contributed by atoms with Crippen LogP contribution in [0.15, 0.2) is 48.8 Å². The smallest absolute Gasteiger partial charge is 0.256 e. The van der Waals surface area contributed by atoms with E-state index in [1.807, 2.05) is 0 Å². The van der Waals surface area contributed by atoms with Crippen LogP contribution in [0.5, 0.6) is 5.75 Å². The second-order valence-corrected chi connectivity index (χ2v) is 4.94. The minimum atomic E-state index is -0.485. The number of rotatable bonds is 3. The number of nitrogens with zero attached hydrogens (tertiary/aromatic N) is 2. The fraction of sp³-hybridized carbons (Fsp3) is 0.250. The van der Waals surface area contributed by atoms with Gasteiger partial charge in [-0.3, -0.25) is 9.78 Å². The van der Waals surface area contributed by atoms with E-state index >= 15 is 0 Å². The maximum Gasteiger partial charge on any atom is 0.256 e. The lowest BCUT2D eigenvalue weighted by Gasteiger charge is -2.17. The first-order valence-corrected chi connectivity index (χ1v) is 6.84. The van der Waals surface area contributed by atoms with Crippen LogP contribution in [0.2, 0.25) is 0 Å². The van der Waals surface area contributed by atoms with Gasteiger partial charge in [-0.1, -0.05) is 12.1 Å². The van der Waals surface area contributed by atoms with E-state index in [-0.39, 0.29) is 17.6 Å². The molecule has 1 aromatic carbocycles. The number of carbonyl (C=O) groups excluding carboxylic acids is 1. The summed E-state index contributed by atoms with van der Waals surface area (Å²) < 4.78 is 19.4. The molecule has 1 saturated heterocycles. The lowest BCUT2D eigenvalue weighted by molar-refractivity contribution is 0.0768. The van der Waals surface area contributed by atoms with Gasteiger partial charge >= 0.3 is 0 Å². The number of amides is 1. The summed E-state index contributed by atoms with van der Waals surface area (Å²) in [6.07, 6.45) is 3.99. The second kappa shape index (κ2) is 5.91. The van der Waals surface area contributed by atoms with Gasteiger partial charge in [0.05, 0.1) is 12.1 Å². The number of likely N-dealkylation sites (tertiary alicyclic amines) is 1. The molecule has 0 saturated carbocycles. The molecule has 0 N–H and O–H groups in total. The highest BCUT2D eigenvalue weighted by atomic mass is 19.1. The van der Waals surface area contributed by atoms with Gasteiger partial charge < -0.3 is 9.64 Å². The molecule has 0 bridgehead atoms. The summed E-state index contributed by atoms with van der Waals surface area (Å²) in [5.41, 5.74) is 0.113. The third kappa shape index (κ3) is 3.02. The van der Waals surface area contributed by atoms with Crippen molar-refractivity contribution in [2.45, 2.75) is 12.5 Å². The first-order chi connectivity index (χ1) is 10.2. The van der Waals surface area contributed by atoms with Gasteiger partial charge in [-0.15, -0.1) is 0 Å². The Bertz CT molecular complexity index is 633. The molecule has 1 amide bonds. The standard InChI is InChI=1S/C16H15FN2O2/c17-15-4-2-1-3-14(15)16(20)19-10-7-13(11-19)21-12-5-8-18-9-6-12/h1-6,8-9,13H,7,10-11H2/t13-/m1/s1. The zero-order valence-electron chi connectivity index (χ0n) is 11.4. The van der Waals surface area contributed by atoms with E-state index in [1.165, 1.54) is 12.1 Å². The van der Waals surface area contributed by atoms with Crippen molar-refractivity contribution in [3.63, 3.8) is 0 Å². The van der Waals surface area contributed by atoms with Crippen molar-refractivity contribution >= 4 is 5.91 Å². The molecule has 3 rings (SSSR count). The zero-order valence-corrected chi connectivity index (χ0v) is 11.4. The van der Waals surface area contributed by atoms with Crippen molar-refractivity contribution in [1.29, 1.82) is 0 Å². The molecule has 1 atom stereocenters. The van der Waals surface area contributed by atoms with Crippen molar-refractivity contribution in [2.75, 3.05) is 13.1 Å². The van der Waals surface area contributed by atoms with E-state index in [4.69, 9.17) is 4.74 Å². The van der Waals surface area contributed by atoms with Gasteiger partial charge in [0.1, 0.15) is 17.7 Å². The molecule has 4 nitrogen and oxygen atoms in total. The molecule has 0 spiro atoms. The molecule has 1 aliphatic heterocycles. The minimum absolute atomic E-state index is 0.0666. The predicted molar refractivity (Wildman–Crippen MR) is 75.6 cm³/mol. The monoisotopic (exact) mass is 286 g/mol. The summed E-state index contributed by atoms with van der Waals surface area (Å²) in [7, 11) is 0. The Hall–Kier alpha value is -2.43. The van der Waals surface area contributed by atoms with Crippen molar-refractivity contribution in [3.8, 4) is 5.75 Å². The molecule has 0 unspecified atom stereocenters. The highest BCUT2D eigenvalue weighted by Crippen LogP contribution is 2.20. The molecular formula is C16H15FN2O2. The average molecular weight is 286 g/mol. The number of aromatic nitrogens is 1. The first-order valence-electron chi connectivity index (χ1n) is 6.84. The zero-order chi connectivity index (χ0) is 14.7. The number of benzene rings is 1. The summed E-state index contributed by atoms with van der Waals surface area (Å²) in [5.74, 6) is -0.0369. The lowest BCUT2D eigenvalue weighted by atomic mass is 10.2. The number of halogens is 1. The Balaban J connectivity index is 1.65. The number of hydrogen-bond acceptors (Lipinski definition) is 3. The fourth-order valence-electron chi connectivity index (χ4n) is 2.42. The van der Waals surface area contributed by atoms with Crippen LogP contribution >= 0.6 is 0 Å². The Morgan fingerprint density at radius 2 is 2.00 bits per heavy atom. The Labute approximate surface area is 122 Å². The number of pyridine rings is 1. The van der Waals surface area contributed by atoms with E-state index in [0.29, 0.717) is 13.1 Å². The molecule has 1 aliphatic rings. The van der Waals surface area contributed by atoms with Crippen molar-refractivity contribution in [3.05, 3.63) is 60.2 Å². The minimum Gasteiger partial charge on any atom is -0.488 e. The molecule has 21 heavy (non-hydrogen) atoms. The van der Waals surface area contributed by atoms with Crippen LogP contribution in [0.1, 0.15) is 16.8 Å². The third-order valence-electron chi connectivity index (χ3n) is 3.49. The molecule has 108 valence electrons. The molecule has 1 fully saturated rings. The maximum atomic E-state index is 13.7. The molecule has 2 heterocycles. The number of hydrogen-bond donors (Lipinski definition) is 0. The van der Waals surface area contributed by atoms with E-state index in [1.54, 1.807) is 41.6 Å². The van der Waals surface area contributed by atoms with Gasteiger partial charge in [-0.25, -0.2) is 4.39 Å². The first kappa shape index (κ1) is 13.5. The van der Waals surface area contributed by atoms with Crippen molar-refractivity contribution in [1.82, 2.24) is 9.88 Å². The maximum absolute atomic E-state index is 13.7. The largest absolute Gasteiger partial charge is 0.488 e. The summed E-state index contributed by atoms with van der Waals surface area (Å²) in [4.78, 5) is 17.8. The van der Waals surface area contributed by atoms with Gasteiger partial charge in [0.2, 0.25) is 0 Å².